The first-order valence-electron chi connectivity index (χ1n) is 8.70. The van der Waals surface area contributed by atoms with E-state index in [-0.39, 0.29) is 5.91 Å². The van der Waals surface area contributed by atoms with Gasteiger partial charge < -0.3 is 15.8 Å². The lowest BCUT2D eigenvalue weighted by molar-refractivity contribution is -0.120. The zero-order chi connectivity index (χ0) is 18.9. The number of amides is 2. The summed E-state index contributed by atoms with van der Waals surface area (Å²) >= 11 is 0. The quantitative estimate of drug-likeness (QED) is 0.806. The molecule has 1 aliphatic rings. The third kappa shape index (κ3) is 3.71. The van der Waals surface area contributed by atoms with Gasteiger partial charge in [0.05, 0.1) is 16.9 Å². The van der Waals surface area contributed by atoms with Crippen LogP contribution in [-0.2, 0) is 9.53 Å². The molecule has 1 aromatic heterocycles. The van der Waals surface area contributed by atoms with E-state index in [1.165, 1.54) is 4.90 Å². The van der Waals surface area contributed by atoms with Crippen molar-refractivity contribution in [2.45, 2.75) is 45.3 Å². The van der Waals surface area contributed by atoms with Gasteiger partial charge in [0.15, 0.2) is 0 Å². The number of aromatic nitrogens is 1. The maximum atomic E-state index is 12.8. The monoisotopic (exact) mass is 356 g/mol. The third-order valence-corrected chi connectivity index (χ3v) is 4.27. The zero-order valence-electron chi connectivity index (χ0n) is 15.3. The average molecular weight is 356 g/mol. The summed E-state index contributed by atoms with van der Waals surface area (Å²) in [5, 5.41) is 3.63. The van der Waals surface area contributed by atoms with Gasteiger partial charge in [-0.15, -0.1) is 0 Å². The number of carbonyl (C=O) groups is 2. The third-order valence-electron chi connectivity index (χ3n) is 4.27. The van der Waals surface area contributed by atoms with E-state index in [4.69, 9.17) is 10.5 Å². The second-order valence-corrected chi connectivity index (χ2v) is 7.42. The molecule has 1 fully saturated rings. The number of nitrogen functional groups attached to an aromatic ring is 1. The fourth-order valence-corrected chi connectivity index (χ4v) is 3.08. The molecule has 0 spiro atoms. The lowest BCUT2D eigenvalue weighted by Gasteiger charge is -2.28. The highest BCUT2D eigenvalue weighted by Gasteiger charge is 2.36. The summed E-state index contributed by atoms with van der Waals surface area (Å²) in [6.07, 6.45) is 2.58. The molecule has 138 valence electrons. The van der Waals surface area contributed by atoms with Gasteiger partial charge in [0.1, 0.15) is 11.6 Å². The van der Waals surface area contributed by atoms with Crippen molar-refractivity contribution in [3.05, 3.63) is 30.5 Å². The minimum Gasteiger partial charge on any atom is -0.444 e. The topological polar surface area (TPSA) is 97.5 Å². The van der Waals surface area contributed by atoms with Crippen LogP contribution >= 0.6 is 0 Å². The number of ether oxygens (including phenoxy) is 1. The molecule has 1 aliphatic heterocycles. The highest BCUT2D eigenvalue weighted by Crippen LogP contribution is 2.29. The van der Waals surface area contributed by atoms with E-state index in [0.29, 0.717) is 24.3 Å². The molecule has 1 aromatic carbocycles. The van der Waals surface area contributed by atoms with Crippen LogP contribution in [0.5, 0.6) is 0 Å². The van der Waals surface area contributed by atoms with Crippen LogP contribution in [0.2, 0.25) is 0 Å². The van der Waals surface area contributed by atoms with Crippen LogP contribution < -0.4 is 11.1 Å². The van der Waals surface area contributed by atoms with Gasteiger partial charge in [-0.05, 0) is 57.9 Å². The Bertz CT molecular complexity index is 844. The van der Waals surface area contributed by atoms with Crippen molar-refractivity contribution < 1.29 is 14.3 Å². The van der Waals surface area contributed by atoms with Gasteiger partial charge in [-0.3, -0.25) is 14.7 Å². The first kappa shape index (κ1) is 18.0. The van der Waals surface area contributed by atoms with Gasteiger partial charge in [-0.25, -0.2) is 4.79 Å². The summed E-state index contributed by atoms with van der Waals surface area (Å²) in [6.45, 7) is 5.92. The number of anilines is 2. The van der Waals surface area contributed by atoms with Crippen LogP contribution in [0, 0.1) is 0 Å². The molecule has 1 atom stereocenters. The molecule has 0 saturated carbocycles. The van der Waals surface area contributed by atoms with Crippen molar-refractivity contribution >= 4 is 34.3 Å². The first-order chi connectivity index (χ1) is 12.3. The van der Waals surface area contributed by atoms with Gasteiger partial charge in [-0.2, -0.15) is 0 Å². The summed E-state index contributed by atoms with van der Waals surface area (Å²) < 4.78 is 5.41. The molecule has 2 amide bonds. The number of rotatable bonds is 2. The standard InChI is InChI=1S/C19H24N4O3/c1-19(2,3)26-18(25)23-11-5-7-15(23)17(24)22-14-9-8-13-12(16(14)20)6-4-10-21-13/h4,6,8-10,15H,5,7,11,20H2,1-3H3,(H,22,24)/t15-/m0/s1. The van der Waals surface area contributed by atoms with Gasteiger partial charge in [-0.1, -0.05) is 0 Å². The molecular weight excluding hydrogens is 332 g/mol. The number of nitrogens with zero attached hydrogens (tertiary/aromatic N) is 2. The molecule has 1 saturated heterocycles. The first-order valence-corrected chi connectivity index (χ1v) is 8.70. The Hall–Kier alpha value is -2.83. The van der Waals surface area contributed by atoms with Crippen LogP contribution in [0.3, 0.4) is 0 Å². The maximum Gasteiger partial charge on any atom is 0.410 e. The van der Waals surface area contributed by atoms with Crippen LogP contribution in [0.4, 0.5) is 16.2 Å². The maximum absolute atomic E-state index is 12.8. The summed E-state index contributed by atoms with van der Waals surface area (Å²) in [4.78, 5) is 30.8. The number of nitrogens with two attached hydrogens (primary N) is 1. The molecular formula is C19H24N4O3. The Kier molecular flexibility index (Phi) is 4.71. The van der Waals surface area contributed by atoms with Gasteiger partial charge in [0.25, 0.3) is 0 Å². The number of benzene rings is 1. The van der Waals surface area contributed by atoms with Gasteiger partial charge >= 0.3 is 6.09 Å². The molecule has 3 rings (SSSR count). The van der Waals surface area contributed by atoms with Gasteiger partial charge in [0.2, 0.25) is 5.91 Å². The second-order valence-electron chi connectivity index (χ2n) is 7.42. The van der Waals surface area contributed by atoms with E-state index in [1.54, 1.807) is 39.1 Å². The molecule has 7 heteroatoms. The van der Waals surface area contributed by atoms with Crippen LogP contribution in [0.15, 0.2) is 30.5 Å². The average Bonchev–Trinajstić information content (AvgIpc) is 3.06. The van der Waals surface area contributed by atoms with Crippen molar-refractivity contribution in [1.29, 1.82) is 0 Å². The molecule has 0 bridgehead atoms. The number of hydrogen-bond donors (Lipinski definition) is 2. The lowest BCUT2D eigenvalue weighted by atomic mass is 10.1. The van der Waals surface area contributed by atoms with E-state index in [2.05, 4.69) is 10.3 Å². The van der Waals surface area contributed by atoms with E-state index in [9.17, 15) is 9.59 Å². The largest absolute Gasteiger partial charge is 0.444 e. The van der Waals surface area contributed by atoms with E-state index in [0.717, 1.165) is 17.3 Å². The van der Waals surface area contributed by atoms with Crippen molar-refractivity contribution in [3.63, 3.8) is 0 Å². The highest BCUT2D eigenvalue weighted by atomic mass is 16.6. The Morgan fingerprint density at radius 3 is 2.81 bits per heavy atom. The molecule has 0 aliphatic carbocycles. The molecule has 7 nitrogen and oxygen atoms in total. The predicted octanol–water partition coefficient (Wildman–Crippen LogP) is 3.16. The number of carbonyl (C=O) groups excluding carboxylic acids is 2. The summed E-state index contributed by atoms with van der Waals surface area (Å²) in [5.74, 6) is -0.261. The number of likely N-dealkylation sites (tertiary alicyclic amines) is 1. The molecule has 2 heterocycles. The lowest BCUT2D eigenvalue weighted by Crippen LogP contribution is -2.45. The Morgan fingerprint density at radius 2 is 2.08 bits per heavy atom. The molecule has 0 unspecified atom stereocenters. The molecule has 3 N–H and O–H groups in total. The number of hydrogen-bond acceptors (Lipinski definition) is 5. The smallest absolute Gasteiger partial charge is 0.410 e. The SMILES string of the molecule is CC(C)(C)OC(=O)N1CCC[C@H]1C(=O)Nc1ccc2ncccc2c1N. The number of pyridine rings is 1. The van der Waals surface area contributed by atoms with Crippen molar-refractivity contribution in [2.75, 3.05) is 17.6 Å². The van der Waals surface area contributed by atoms with E-state index < -0.39 is 17.7 Å². The Labute approximate surface area is 152 Å². The van der Waals surface area contributed by atoms with Crippen LogP contribution in [0.25, 0.3) is 10.9 Å². The Balaban J connectivity index is 1.77. The van der Waals surface area contributed by atoms with Crippen LogP contribution in [0.1, 0.15) is 33.6 Å². The van der Waals surface area contributed by atoms with E-state index >= 15 is 0 Å². The van der Waals surface area contributed by atoms with Crippen molar-refractivity contribution in [3.8, 4) is 0 Å². The molecule has 0 radical (unpaired) electrons. The summed E-state index contributed by atoms with van der Waals surface area (Å²) in [6, 6.07) is 6.63. The van der Waals surface area contributed by atoms with E-state index in [1.807, 2.05) is 12.1 Å². The van der Waals surface area contributed by atoms with Crippen molar-refractivity contribution in [1.82, 2.24) is 9.88 Å². The minimum absolute atomic E-state index is 0.261. The fraction of sp³-hybridized carbons (Fsp3) is 0.421. The molecule has 26 heavy (non-hydrogen) atoms. The summed E-state index contributed by atoms with van der Waals surface area (Å²) in [7, 11) is 0. The second kappa shape index (κ2) is 6.82. The molecule has 2 aromatic rings. The number of fused-ring (bicyclic) bond motifs is 1. The Morgan fingerprint density at radius 1 is 1.31 bits per heavy atom. The van der Waals surface area contributed by atoms with Crippen molar-refractivity contribution in [2.24, 2.45) is 0 Å². The normalized spacial score (nSPS) is 17.3. The zero-order valence-corrected chi connectivity index (χ0v) is 15.3. The van der Waals surface area contributed by atoms with Crippen LogP contribution in [-0.4, -0.2) is 40.1 Å². The van der Waals surface area contributed by atoms with Gasteiger partial charge in [0, 0.05) is 18.1 Å². The predicted molar refractivity (Wildman–Crippen MR) is 101 cm³/mol. The fourth-order valence-electron chi connectivity index (χ4n) is 3.08. The minimum atomic E-state index is -0.601. The highest BCUT2D eigenvalue weighted by molar-refractivity contribution is 6.04. The summed E-state index contributed by atoms with van der Waals surface area (Å²) in [5.41, 5.74) is 7.33. The number of nitrogens with one attached hydrogen (secondary N) is 1.